The van der Waals surface area contributed by atoms with Crippen LogP contribution in [0.4, 0.5) is 5.69 Å². The van der Waals surface area contributed by atoms with Crippen molar-refractivity contribution in [2.24, 2.45) is 0 Å². The minimum absolute atomic E-state index is 0.0746. The van der Waals surface area contributed by atoms with E-state index in [0.29, 0.717) is 18.7 Å². The molecule has 0 spiro atoms. The van der Waals surface area contributed by atoms with E-state index in [2.05, 4.69) is 17.6 Å². The van der Waals surface area contributed by atoms with Gasteiger partial charge in [0.15, 0.2) is 5.76 Å². The van der Waals surface area contributed by atoms with E-state index >= 15 is 0 Å². The standard InChI is InChI=1S/C21H28N2O3/c1-2-3-4-5-6-7-13-20(24)22-16-17-10-8-11-18(15-17)23-21(25)19-12-9-14-26-19/h8-12,14-15H,2-7,13,16H2,1H3,(H,22,24)(H,23,25). The van der Waals surface area contributed by atoms with Crippen molar-refractivity contribution in [1.29, 1.82) is 0 Å². The predicted molar refractivity (Wildman–Crippen MR) is 103 cm³/mol. The average Bonchev–Trinajstić information content (AvgIpc) is 3.18. The largest absolute Gasteiger partial charge is 0.459 e. The molecule has 2 amide bonds. The van der Waals surface area contributed by atoms with Crippen LogP contribution in [0, 0.1) is 0 Å². The molecule has 0 bridgehead atoms. The quantitative estimate of drug-likeness (QED) is 0.563. The number of anilines is 1. The van der Waals surface area contributed by atoms with Crippen LogP contribution >= 0.6 is 0 Å². The molecule has 0 saturated carbocycles. The van der Waals surface area contributed by atoms with Crippen molar-refractivity contribution in [1.82, 2.24) is 5.32 Å². The number of benzene rings is 1. The molecule has 0 radical (unpaired) electrons. The van der Waals surface area contributed by atoms with Gasteiger partial charge >= 0.3 is 0 Å². The van der Waals surface area contributed by atoms with Crippen LogP contribution < -0.4 is 10.6 Å². The smallest absolute Gasteiger partial charge is 0.291 e. The molecule has 2 aromatic rings. The van der Waals surface area contributed by atoms with Crippen molar-refractivity contribution in [3.63, 3.8) is 0 Å². The summed E-state index contributed by atoms with van der Waals surface area (Å²) in [6, 6.07) is 10.7. The molecule has 0 atom stereocenters. The number of carbonyl (C=O) groups excluding carboxylic acids is 2. The van der Waals surface area contributed by atoms with Crippen molar-refractivity contribution in [3.05, 3.63) is 54.0 Å². The Morgan fingerprint density at radius 3 is 2.58 bits per heavy atom. The van der Waals surface area contributed by atoms with Gasteiger partial charge in [0.2, 0.25) is 5.91 Å². The fourth-order valence-electron chi connectivity index (χ4n) is 2.71. The molecular weight excluding hydrogens is 328 g/mol. The SMILES string of the molecule is CCCCCCCCC(=O)NCc1cccc(NC(=O)c2ccco2)c1. The van der Waals surface area contributed by atoms with E-state index in [0.717, 1.165) is 18.4 Å². The Labute approximate surface area is 155 Å². The fraction of sp³-hybridized carbons (Fsp3) is 0.429. The molecule has 2 N–H and O–H groups in total. The second-order valence-electron chi connectivity index (χ2n) is 6.43. The molecule has 5 heteroatoms. The van der Waals surface area contributed by atoms with Crippen molar-refractivity contribution in [3.8, 4) is 0 Å². The summed E-state index contributed by atoms with van der Waals surface area (Å²) in [6.07, 6.45) is 9.07. The first-order chi connectivity index (χ1) is 12.7. The van der Waals surface area contributed by atoms with Crippen molar-refractivity contribution >= 4 is 17.5 Å². The molecule has 0 aliphatic heterocycles. The van der Waals surface area contributed by atoms with Gasteiger partial charge in [-0.15, -0.1) is 0 Å². The van der Waals surface area contributed by atoms with E-state index in [9.17, 15) is 9.59 Å². The Hall–Kier alpha value is -2.56. The molecule has 2 rings (SSSR count). The number of carbonyl (C=O) groups is 2. The van der Waals surface area contributed by atoms with Crippen LogP contribution in [0.25, 0.3) is 0 Å². The van der Waals surface area contributed by atoms with Gasteiger partial charge in [-0.25, -0.2) is 0 Å². The molecule has 5 nitrogen and oxygen atoms in total. The van der Waals surface area contributed by atoms with Gasteiger partial charge in [0, 0.05) is 18.7 Å². The zero-order valence-electron chi connectivity index (χ0n) is 15.4. The summed E-state index contributed by atoms with van der Waals surface area (Å²) >= 11 is 0. The van der Waals surface area contributed by atoms with Crippen LogP contribution in [0.15, 0.2) is 47.1 Å². The van der Waals surface area contributed by atoms with Gasteiger partial charge in [0.25, 0.3) is 5.91 Å². The van der Waals surface area contributed by atoms with Crippen LogP contribution in [0.2, 0.25) is 0 Å². The summed E-state index contributed by atoms with van der Waals surface area (Å²) in [5.41, 5.74) is 1.62. The lowest BCUT2D eigenvalue weighted by molar-refractivity contribution is -0.121. The molecule has 140 valence electrons. The third-order valence-electron chi connectivity index (χ3n) is 4.18. The summed E-state index contributed by atoms with van der Waals surface area (Å²) in [6.45, 7) is 2.66. The van der Waals surface area contributed by atoms with E-state index < -0.39 is 0 Å². The second kappa shape index (κ2) is 11.1. The van der Waals surface area contributed by atoms with Gasteiger partial charge < -0.3 is 15.1 Å². The summed E-state index contributed by atoms with van der Waals surface area (Å²) in [5.74, 6) is 0.0485. The number of hydrogen-bond acceptors (Lipinski definition) is 3. The number of amides is 2. The minimum atomic E-state index is -0.292. The zero-order chi connectivity index (χ0) is 18.6. The number of furan rings is 1. The zero-order valence-corrected chi connectivity index (χ0v) is 15.4. The first kappa shape index (κ1) is 19.8. The lowest BCUT2D eigenvalue weighted by Gasteiger charge is -2.08. The normalized spacial score (nSPS) is 10.5. The highest BCUT2D eigenvalue weighted by Gasteiger charge is 2.09. The second-order valence-corrected chi connectivity index (χ2v) is 6.43. The Morgan fingerprint density at radius 1 is 1.00 bits per heavy atom. The van der Waals surface area contributed by atoms with E-state index in [1.807, 2.05) is 24.3 Å². The first-order valence-corrected chi connectivity index (χ1v) is 9.39. The molecule has 0 fully saturated rings. The van der Waals surface area contributed by atoms with Crippen LogP contribution in [-0.4, -0.2) is 11.8 Å². The van der Waals surface area contributed by atoms with Crippen LogP contribution in [0.1, 0.15) is 68.0 Å². The summed E-state index contributed by atoms with van der Waals surface area (Å²) in [5, 5.41) is 5.72. The van der Waals surface area contributed by atoms with Crippen molar-refractivity contribution < 1.29 is 14.0 Å². The maximum Gasteiger partial charge on any atom is 0.291 e. The van der Waals surface area contributed by atoms with Gasteiger partial charge in [0.1, 0.15) is 0 Å². The predicted octanol–water partition coefficient (Wildman–Crippen LogP) is 4.90. The monoisotopic (exact) mass is 356 g/mol. The fourth-order valence-corrected chi connectivity index (χ4v) is 2.71. The van der Waals surface area contributed by atoms with Gasteiger partial charge in [0.05, 0.1) is 6.26 Å². The highest BCUT2D eigenvalue weighted by molar-refractivity contribution is 6.02. The van der Waals surface area contributed by atoms with Crippen molar-refractivity contribution in [2.45, 2.75) is 58.4 Å². The highest BCUT2D eigenvalue weighted by Crippen LogP contribution is 2.13. The van der Waals surface area contributed by atoms with E-state index in [1.54, 1.807) is 12.1 Å². The molecule has 0 saturated heterocycles. The topological polar surface area (TPSA) is 71.3 Å². The Kier molecular flexibility index (Phi) is 8.46. The molecular formula is C21H28N2O3. The molecule has 1 heterocycles. The van der Waals surface area contributed by atoms with Crippen LogP contribution in [-0.2, 0) is 11.3 Å². The number of hydrogen-bond donors (Lipinski definition) is 2. The molecule has 1 aromatic carbocycles. The summed E-state index contributed by atoms with van der Waals surface area (Å²) < 4.78 is 5.08. The number of rotatable bonds is 11. The molecule has 0 aliphatic rings. The van der Waals surface area contributed by atoms with Gasteiger partial charge in [-0.2, -0.15) is 0 Å². The number of unbranched alkanes of at least 4 members (excludes halogenated alkanes) is 5. The van der Waals surface area contributed by atoms with E-state index in [4.69, 9.17) is 4.42 Å². The minimum Gasteiger partial charge on any atom is -0.459 e. The first-order valence-electron chi connectivity index (χ1n) is 9.39. The lowest BCUT2D eigenvalue weighted by atomic mass is 10.1. The van der Waals surface area contributed by atoms with E-state index in [1.165, 1.54) is 31.9 Å². The maximum absolute atomic E-state index is 12.0. The maximum atomic E-state index is 12.0. The van der Waals surface area contributed by atoms with Crippen molar-refractivity contribution in [2.75, 3.05) is 5.32 Å². The summed E-state index contributed by atoms with van der Waals surface area (Å²) in [4.78, 5) is 23.9. The van der Waals surface area contributed by atoms with Gasteiger partial charge in [-0.1, -0.05) is 51.2 Å². The third kappa shape index (κ3) is 7.13. The Morgan fingerprint density at radius 2 is 1.81 bits per heavy atom. The van der Waals surface area contributed by atoms with Crippen LogP contribution in [0.5, 0.6) is 0 Å². The average molecular weight is 356 g/mol. The molecule has 0 unspecified atom stereocenters. The van der Waals surface area contributed by atoms with Gasteiger partial charge in [-0.05, 0) is 36.2 Å². The molecule has 0 aliphatic carbocycles. The van der Waals surface area contributed by atoms with Gasteiger partial charge in [-0.3, -0.25) is 9.59 Å². The van der Waals surface area contributed by atoms with Crippen LogP contribution in [0.3, 0.4) is 0 Å². The summed E-state index contributed by atoms with van der Waals surface area (Å²) in [7, 11) is 0. The molecule has 26 heavy (non-hydrogen) atoms. The molecule has 1 aromatic heterocycles. The Balaban J connectivity index is 1.71. The van der Waals surface area contributed by atoms with E-state index in [-0.39, 0.29) is 17.6 Å². The lowest BCUT2D eigenvalue weighted by Crippen LogP contribution is -2.22. The Bertz CT molecular complexity index is 680. The third-order valence-corrected chi connectivity index (χ3v) is 4.18. The highest BCUT2D eigenvalue weighted by atomic mass is 16.3. The number of nitrogens with one attached hydrogen (secondary N) is 2.